The largest absolute Gasteiger partial charge is 0.341 e. The van der Waals surface area contributed by atoms with Crippen molar-refractivity contribution in [2.24, 2.45) is 7.05 Å². The van der Waals surface area contributed by atoms with Crippen LogP contribution in [0.5, 0.6) is 0 Å². The number of aryl methyl sites for hydroxylation is 2. The Bertz CT molecular complexity index is 816. The summed E-state index contributed by atoms with van der Waals surface area (Å²) < 4.78 is 5.13. The normalized spacial score (nSPS) is 11.2. The molecule has 2 aromatic heterocycles. The van der Waals surface area contributed by atoms with E-state index in [2.05, 4.69) is 38.6 Å². The topological polar surface area (TPSA) is 39.8 Å². The van der Waals surface area contributed by atoms with Crippen LogP contribution in [0.15, 0.2) is 34.9 Å². The monoisotopic (exact) mass is 345 g/mol. The Morgan fingerprint density at radius 2 is 2.14 bits per heavy atom. The van der Waals surface area contributed by atoms with E-state index in [1.807, 2.05) is 36.1 Å². The Hall–Kier alpha value is -1.88. The summed E-state index contributed by atoms with van der Waals surface area (Å²) in [6, 6.07) is 7.81. The molecular formula is C16H16BrN3O. The van der Waals surface area contributed by atoms with Crippen LogP contribution in [0, 0.1) is 0 Å². The van der Waals surface area contributed by atoms with Crippen molar-refractivity contribution in [3.63, 3.8) is 0 Å². The van der Waals surface area contributed by atoms with Crippen molar-refractivity contribution in [1.82, 2.24) is 14.3 Å². The lowest BCUT2D eigenvalue weighted by Crippen LogP contribution is -2.05. The van der Waals surface area contributed by atoms with E-state index in [-0.39, 0.29) is 0 Å². The zero-order chi connectivity index (χ0) is 15.0. The van der Waals surface area contributed by atoms with E-state index < -0.39 is 0 Å². The number of aldehydes is 1. The predicted molar refractivity (Wildman–Crippen MR) is 86.7 cm³/mol. The second-order valence-electron chi connectivity index (χ2n) is 5.06. The fourth-order valence-electron chi connectivity index (χ4n) is 2.57. The van der Waals surface area contributed by atoms with Gasteiger partial charge in [0.05, 0.1) is 22.4 Å². The highest BCUT2D eigenvalue weighted by Crippen LogP contribution is 2.25. The molecule has 1 aromatic carbocycles. The van der Waals surface area contributed by atoms with Gasteiger partial charge in [-0.1, -0.05) is 19.1 Å². The van der Waals surface area contributed by atoms with Gasteiger partial charge >= 0.3 is 0 Å². The van der Waals surface area contributed by atoms with Gasteiger partial charge in [-0.05, 0) is 39.9 Å². The van der Waals surface area contributed by atoms with Gasteiger partial charge in [-0.2, -0.15) is 5.10 Å². The minimum absolute atomic E-state index is 0.695. The number of hydrogen-bond acceptors (Lipinski definition) is 2. The maximum Gasteiger partial charge on any atom is 0.150 e. The molecule has 0 saturated heterocycles. The van der Waals surface area contributed by atoms with Crippen molar-refractivity contribution in [3.8, 4) is 0 Å². The second-order valence-corrected chi connectivity index (χ2v) is 5.86. The summed E-state index contributed by atoms with van der Waals surface area (Å²) in [5.74, 6) is 0. The fourth-order valence-corrected chi connectivity index (χ4v) is 3.31. The third-order valence-electron chi connectivity index (χ3n) is 3.76. The van der Waals surface area contributed by atoms with Crippen molar-refractivity contribution in [1.29, 1.82) is 0 Å². The molecule has 2 heterocycles. The van der Waals surface area contributed by atoms with E-state index in [0.717, 1.165) is 46.0 Å². The SMILES string of the molecule is CCc1nn(C)c(Cn2ccc3ccc(C=O)cc32)c1Br. The molecule has 0 atom stereocenters. The standard InChI is InChI=1S/C16H16BrN3O/c1-3-13-16(17)15(19(2)18-13)9-20-7-6-12-5-4-11(10-21)8-14(12)20/h4-8,10H,3,9H2,1-2H3. The van der Waals surface area contributed by atoms with Crippen molar-refractivity contribution in [2.45, 2.75) is 19.9 Å². The van der Waals surface area contributed by atoms with Crippen LogP contribution in [0.1, 0.15) is 28.7 Å². The molecule has 3 aromatic rings. The summed E-state index contributed by atoms with van der Waals surface area (Å²) in [5.41, 5.74) is 3.95. The lowest BCUT2D eigenvalue weighted by molar-refractivity contribution is 0.112. The summed E-state index contributed by atoms with van der Waals surface area (Å²) in [7, 11) is 1.96. The van der Waals surface area contributed by atoms with E-state index in [9.17, 15) is 4.79 Å². The van der Waals surface area contributed by atoms with E-state index in [4.69, 9.17) is 0 Å². The van der Waals surface area contributed by atoms with Crippen molar-refractivity contribution < 1.29 is 4.79 Å². The van der Waals surface area contributed by atoms with Crippen LogP contribution in [0.25, 0.3) is 10.9 Å². The first-order chi connectivity index (χ1) is 10.1. The van der Waals surface area contributed by atoms with E-state index >= 15 is 0 Å². The van der Waals surface area contributed by atoms with E-state index in [1.165, 1.54) is 0 Å². The number of halogens is 1. The van der Waals surface area contributed by atoms with E-state index in [1.54, 1.807) is 0 Å². The molecule has 0 radical (unpaired) electrons. The van der Waals surface area contributed by atoms with Gasteiger partial charge in [0.25, 0.3) is 0 Å². The lowest BCUT2D eigenvalue weighted by atomic mass is 10.2. The predicted octanol–water partition coefficient (Wildman–Crippen LogP) is 3.56. The molecule has 0 aliphatic heterocycles. The second kappa shape index (κ2) is 5.48. The number of aromatic nitrogens is 3. The van der Waals surface area contributed by atoms with Gasteiger partial charge in [0, 0.05) is 24.3 Å². The smallest absolute Gasteiger partial charge is 0.150 e. The lowest BCUT2D eigenvalue weighted by Gasteiger charge is -2.07. The summed E-state index contributed by atoms with van der Waals surface area (Å²) in [5, 5.41) is 5.66. The Morgan fingerprint density at radius 3 is 2.81 bits per heavy atom. The third-order valence-corrected chi connectivity index (χ3v) is 4.67. The molecule has 0 amide bonds. The first kappa shape index (κ1) is 14.1. The van der Waals surface area contributed by atoms with Gasteiger partial charge in [-0.25, -0.2) is 0 Å². The highest BCUT2D eigenvalue weighted by molar-refractivity contribution is 9.10. The summed E-state index contributed by atoms with van der Waals surface area (Å²) in [6.45, 7) is 2.81. The molecule has 0 bridgehead atoms. The Morgan fingerprint density at radius 1 is 1.33 bits per heavy atom. The zero-order valence-corrected chi connectivity index (χ0v) is 13.6. The zero-order valence-electron chi connectivity index (χ0n) is 12.0. The molecule has 0 unspecified atom stereocenters. The maximum atomic E-state index is 11.0. The molecular weight excluding hydrogens is 330 g/mol. The number of rotatable bonds is 4. The summed E-state index contributed by atoms with van der Waals surface area (Å²) >= 11 is 3.65. The van der Waals surface area contributed by atoms with Gasteiger partial charge in [0.2, 0.25) is 0 Å². The van der Waals surface area contributed by atoms with Crippen LogP contribution in [0.2, 0.25) is 0 Å². The van der Waals surface area contributed by atoms with Crippen molar-refractivity contribution >= 4 is 33.1 Å². The molecule has 4 nitrogen and oxygen atoms in total. The Balaban J connectivity index is 2.06. The molecule has 3 rings (SSSR count). The number of carbonyl (C=O) groups is 1. The van der Waals surface area contributed by atoms with Crippen molar-refractivity contribution in [2.75, 3.05) is 0 Å². The number of carbonyl (C=O) groups excluding carboxylic acids is 1. The van der Waals surface area contributed by atoms with Gasteiger partial charge in [0.1, 0.15) is 6.29 Å². The quantitative estimate of drug-likeness (QED) is 0.678. The number of hydrogen-bond donors (Lipinski definition) is 0. The number of fused-ring (bicyclic) bond motifs is 1. The first-order valence-electron chi connectivity index (χ1n) is 6.88. The average molecular weight is 346 g/mol. The summed E-state index contributed by atoms with van der Waals surface area (Å²) in [6.07, 6.45) is 3.83. The molecule has 5 heteroatoms. The van der Waals surface area contributed by atoms with Gasteiger partial charge in [-0.15, -0.1) is 0 Å². The van der Waals surface area contributed by atoms with Gasteiger partial charge < -0.3 is 4.57 Å². The van der Waals surface area contributed by atoms with Crippen LogP contribution < -0.4 is 0 Å². The molecule has 0 N–H and O–H groups in total. The maximum absolute atomic E-state index is 11.0. The van der Waals surface area contributed by atoms with Crippen molar-refractivity contribution in [3.05, 3.63) is 51.9 Å². The van der Waals surface area contributed by atoms with Gasteiger partial charge in [-0.3, -0.25) is 9.48 Å². The fraction of sp³-hybridized carbons (Fsp3) is 0.250. The molecule has 0 fully saturated rings. The minimum Gasteiger partial charge on any atom is -0.341 e. The molecule has 108 valence electrons. The van der Waals surface area contributed by atoms with Gasteiger partial charge in [0.15, 0.2) is 0 Å². The van der Waals surface area contributed by atoms with Crippen LogP contribution >= 0.6 is 15.9 Å². The Kier molecular flexibility index (Phi) is 3.68. The van der Waals surface area contributed by atoms with Crippen LogP contribution in [-0.2, 0) is 20.0 Å². The Labute approximate surface area is 131 Å². The van der Waals surface area contributed by atoms with Crippen LogP contribution in [0.3, 0.4) is 0 Å². The molecule has 0 aliphatic carbocycles. The first-order valence-corrected chi connectivity index (χ1v) is 7.67. The number of nitrogens with zero attached hydrogens (tertiary/aromatic N) is 3. The molecule has 0 saturated carbocycles. The number of benzene rings is 1. The average Bonchev–Trinajstić information content (AvgIpc) is 3.02. The van der Waals surface area contributed by atoms with E-state index in [0.29, 0.717) is 5.56 Å². The van der Waals surface area contributed by atoms with Crippen LogP contribution in [0.4, 0.5) is 0 Å². The minimum atomic E-state index is 0.695. The van der Waals surface area contributed by atoms with Crippen LogP contribution in [-0.4, -0.2) is 20.6 Å². The molecule has 21 heavy (non-hydrogen) atoms. The molecule has 0 spiro atoms. The third kappa shape index (κ3) is 2.42. The highest BCUT2D eigenvalue weighted by atomic mass is 79.9. The highest BCUT2D eigenvalue weighted by Gasteiger charge is 2.13. The summed E-state index contributed by atoms with van der Waals surface area (Å²) in [4.78, 5) is 11.0. The molecule has 0 aliphatic rings.